The average molecular weight is 344 g/mol. The maximum Gasteiger partial charge on any atom is 0.333 e. The molecule has 0 fully saturated rings. The van der Waals surface area contributed by atoms with Gasteiger partial charge in [0.05, 0.1) is 13.2 Å². The Morgan fingerprint density at radius 2 is 1.04 bits per heavy atom. The van der Waals surface area contributed by atoms with Gasteiger partial charge in [-0.25, -0.2) is 9.59 Å². The first-order valence-corrected chi connectivity index (χ1v) is 8.23. The smallest absolute Gasteiger partial charge is 0.333 e. The minimum absolute atomic E-state index is 0.143. The van der Waals surface area contributed by atoms with Crippen molar-refractivity contribution in [2.24, 2.45) is 0 Å². The van der Waals surface area contributed by atoms with Gasteiger partial charge in [0.15, 0.2) is 0 Å². The van der Waals surface area contributed by atoms with E-state index in [2.05, 4.69) is 13.2 Å². The molecule has 0 unspecified atom stereocenters. The number of unbranched alkanes of at least 4 members (excludes halogenated alkanes) is 4. The zero-order valence-corrected chi connectivity index (χ0v) is 15.0. The number of ether oxygens (including phenoxy) is 2. The maximum atomic E-state index is 10.9. The molecule has 0 aromatic heterocycles. The van der Waals surface area contributed by atoms with Gasteiger partial charge in [-0.15, -0.1) is 0 Å². The molecule has 2 N–H and O–H groups in total. The lowest BCUT2D eigenvalue weighted by molar-refractivity contribution is -0.139. The normalized spacial score (nSPS) is 9.50. The molecule has 0 aromatic rings. The number of aliphatic hydroxyl groups excluding tert-OH is 2. The summed E-state index contributed by atoms with van der Waals surface area (Å²) in [7, 11) is 0. The lowest BCUT2D eigenvalue weighted by Gasteiger charge is -2.03. The van der Waals surface area contributed by atoms with Crippen LogP contribution in [-0.2, 0) is 19.1 Å². The van der Waals surface area contributed by atoms with E-state index < -0.39 is 0 Å². The Morgan fingerprint density at radius 3 is 1.42 bits per heavy atom. The molecule has 0 aliphatic heterocycles. The van der Waals surface area contributed by atoms with E-state index in [-0.39, 0.29) is 25.2 Å². The molecule has 24 heavy (non-hydrogen) atoms. The molecule has 140 valence electrons. The Bertz CT molecular complexity index is 376. The van der Waals surface area contributed by atoms with Crippen molar-refractivity contribution in [3.63, 3.8) is 0 Å². The van der Waals surface area contributed by atoms with Gasteiger partial charge in [-0.1, -0.05) is 19.6 Å². The van der Waals surface area contributed by atoms with Crippen molar-refractivity contribution in [1.82, 2.24) is 0 Å². The van der Waals surface area contributed by atoms with Crippen molar-refractivity contribution in [3.05, 3.63) is 24.3 Å². The van der Waals surface area contributed by atoms with E-state index >= 15 is 0 Å². The van der Waals surface area contributed by atoms with Crippen molar-refractivity contribution in [3.8, 4) is 0 Å². The molecule has 0 heterocycles. The molecule has 6 heteroatoms. The van der Waals surface area contributed by atoms with E-state index in [9.17, 15) is 9.59 Å². The molecule has 0 saturated carbocycles. The van der Waals surface area contributed by atoms with Crippen LogP contribution in [0.5, 0.6) is 0 Å². The summed E-state index contributed by atoms with van der Waals surface area (Å²) >= 11 is 0. The second-order valence-electron chi connectivity index (χ2n) is 5.40. The predicted molar refractivity (Wildman–Crippen MR) is 93.4 cm³/mol. The van der Waals surface area contributed by atoms with Gasteiger partial charge in [0, 0.05) is 24.4 Å². The number of carbonyl (C=O) groups excluding carboxylic acids is 2. The quantitative estimate of drug-likeness (QED) is 0.321. The molecule has 0 spiro atoms. The molecule has 0 radical (unpaired) electrons. The summed E-state index contributed by atoms with van der Waals surface area (Å²) in [4.78, 5) is 21.6. The van der Waals surface area contributed by atoms with E-state index in [0.717, 1.165) is 25.7 Å². The second kappa shape index (κ2) is 17.7. The molecule has 0 aliphatic carbocycles. The number of aliphatic hydroxyl groups is 2. The summed E-state index contributed by atoms with van der Waals surface area (Å²) in [5.41, 5.74) is 0.851. The van der Waals surface area contributed by atoms with Crippen LogP contribution in [0, 0.1) is 0 Å². The SMILES string of the molecule is C=C(C)C(=O)OCCCCCCO.C=C(C)C(=O)OCCCCO. The Hall–Kier alpha value is -1.66. The van der Waals surface area contributed by atoms with E-state index in [1.54, 1.807) is 13.8 Å². The summed E-state index contributed by atoms with van der Waals surface area (Å²) in [5.74, 6) is -0.676. The van der Waals surface area contributed by atoms with Crippen LogP contribution in [0.1, 0.15) is 52.4 Å². The van der Waals surface area contributed by atoms with Crippen LogP contribution in [0.4, 0.5) is 0 Å². The van der Waals surface area contributed by atoms with Crippen molar-refractivity contribution < 1.29 is 29.3 Å². The van der Waals surface area contributed by atoms with Crippen molar-refractivity contribution in [2.75, 3.05) is 26.4 Å². The van der Waals surface area contributed by atoms with Gasteiger partial charge >= 0.3 is 11.9 Å². The van der Waals surface area contributed by atoms with Crippen LogP contribution in [0.15, 0.2) is 24.3 Å². The molecular formula is C18H32O6. The summed E-state index contributed by atoms with van der Waals surface area (Å²) in [6.45, 7) is 11.4. The first-order valence-electron chi connectivity index (χ1n) is 8.23. The number of rotatable bonds is 12. The number of esters is 2. The molecule has 0 saturated heterocycles. The first kappa shape index (κ1) is 24.6. The Morgan fingerprint density at radius 1 is 0.708 bits per heavy atom. The standard InChI is InChI=1S/C10H18O3.C8H14O3/c1-9(2)10(12)13-8-6-4-3-5-7-11;1-7(2)8(10)11-6-4-3-5-9/h11H,1,3-8H2,2H3;9H,1,3-6H2,2H3. The van der Waals surface area contributed by atoms with Crippen molar-refractivity contribution >= 4 is 11.9 Å². The Kier molecular flexibility index (Phi) is 18.1. The van der Waals surface area contributed by atoms with Crippen LogP contribution < -0.4 is 0 Å². The summed E-state index contributed by atoms with van der Waals surface area (Å²) in [5, 5.41) is 16.9. The lowest BCUT2D eigenvalue weighted by atomic mass is 10.2. The summed E-state index contributed by atoms with van der Waals surface area (Å²) in [6, 6.07) is 0. The monoisotopic (exact) mass is 344 g/mol. The second-order valence-corrected chi connectivity index (χ2v) is 5.40. The van der Waals surface area contributed by atoms with Gasteiger partial charge < -0.3 is 19.7 Å². The highest BCUT2D eigenvalue weighted by molar-refractivity contribution is 5.87. The highest BCUT2D eigenvalue weighted by atomic mass is 16.5. The van der Waals surface area contributed by atoms with Gasteiger partial charge in [-0.05, 0) is 46.0 Å². The molecule has 6 nitrogen and oxygen atoms in total. The maximum absolute atomic E-state index is 10.9. The Labute approximate surface area is 145 Å². The third-order valence-electron chi connectivity index (χ3n) is 2.77. The van der Waals surface area contributed by atoms with Gasteiger partial charge in [0.1, 0.15) is 0 Å². The fourth-order valence-electron chi connectivity index (χ4n) is 1.36. The van der Waals surface area contributed by atoms with E-state index in [1.807, 2.05) is 0 Å². The van der Waals surface area contributed by atoms with E-state index in [1.165, 1.54) is 0 Å². The predicted octanol–water partition coefficient (Wildman–Crippen LogP) is 2.54. The minimum atomic E-state index is -0.358. The largest absolute Gasteiger partial charge is 0.462 e. The Balaban J connectivity index is 0. The molecule has 0 rings (SSSR count). The van der Waals surface area contributed by atoms with Crippen molar-refractivity contribution in [2.45, 2.75) is 52.4 Å². The minimum Gasteiger partial charge on any atom is -0.462 e. The zero-order valence-electron chi connectivity index (χ0n) is 15.0. The summed E-state index contributed by atoms with van der Waals surface area (Å²) in [6.07, 6.45) is 5.04. The van der Waals surface area contributed by atoms with Crippen LogP contribution >= 0.6 is 0 Å². The van der Waals surface area contributed by atoms with Gasteiger partial charge in [-0.2, -0.15) is 0 Å². The van der Waals surface area contributed by atoms with Gasteiger partial charge in [0.2, 0.25) is 0 Å². The van der Waals surface area contributed by atoms with Crippen LogP contribution in [0.3, 0.4) is 0 Å². The first-order chi connectivity index (χ1) is 11.4. The fourth-order valence-corrected chi connectivity index (χ4v) is 1.36. The molecule has 0 aliphatic rings. The third-order valence-corrected chi connectivity index (χ3v) is 2.77. The van der Waals surface area contributed by atoms with Gasteiger partial charge in [-0.3, -0.25) is 0 Å². The molecule has 0 aromatic carbocycles. The molecule has 0 amide bonds. The highest BCUT2D eigenvalue weighted by Gasteiger charge is 2.01. The number of hydrogen-bond donors (Lipinski definition) is 2. The average Bonchev–Trinajstić information content (AvgIpc) is 2.54. The topological polar surface area (TPSA) is 93.1 Å². The molecule has 0 bridgehead atoms. The highest BCUT2D eigenvalue weighted by Crippen LogP contribution is 2.00. The fraction of sp³-hybridized carbons (Fsp3) is 0.667. The molecule has 0 atom stereocenters. The third kappa shape index (κ3) is 18.4. The van der Waals surface area contributed by atoms with Gasteiger partial charge in [0.25, 0.3) is 0 Å². The van der Waals surface area contributed by atoms with Crippen molar-refractivity contribution in [1.29, 1.82) is 0 Å². The lowest BCUT2D eigenvalue weighted by Crippen LogP contribution is -2.06. The summed E-state index contributed by atoms with van der Waals surface area (Å²) < 4.78 is 9.64. The van der Waals surface area contributed by atoms with E-state index in [0.29, 0.717) is 37.2 Å². The van der Waals surface area contributed by atoms with Crippen LogP contribution in [-0.4, -0.2) is 48.6 Å². The van der Waals surface area contributed by atoms with Crippen LogP contribution in [0.2, 0.25) is 0 Å². The van der Waals surface area contributed by atoms with Crippen LogP contribution in [0.25, 0.3) is 0 Å². The van der Waals surface area contributed by atoms with E-state index in [4.69, 9.17) is 19.7 Å². The number of carbonyl (C=O) groups is 2. The zero-order chi connectivity index (χ0) is 18.8. The number of hydrogen-bond acceptors (Lipinski definition) is 6. The molecular weight excluding hydrogens is 312 g/mol.